The van der Waals surface area contributed by atoms with Crippen molar-refractivity contribution < 1.29 is 5.11 Å². The Bertz CT molecular complexity index is 381. The second-order valence-electron chi connectivity index (χ2n) is 6.61. The van der Waals surface area contributed by atoms with Crippen LogP contribution in [0.25, 0.3) is 0 Å². The van der Waals surface area contributed by atoms with Gasteiger partial charge in [-0.1, -0.05) is 39.0 Å². The van der Waals surface area contributed by atoms with Crippen molar-refractivity contribution in [3.63, 3.8) is 0 Å². The van der Waals surface area contributed by atoms with E-state index >= 15 is 0 Å². The summed E-state index contributed by atoms with van der Waals surface area (Å²) in [5.41, 5.74) is 1.58. The molecule has 0 bridgehead atoms. The SMILES string of the molecule is CC1CC(Cc2ccccc2O)CC(C)(C)C1. The van der Waals surface area contributed by atoms with E-state index in [4.69, 9.17) is 0 Å². The molecule has 0 aromatic heterocycles. The molecule has 1 aromatic carbocycles. The fraction of sp³-hybridized carbons (Fsp3) is 0.625. The molecule has 1 fully saturated rings. The van der Waals surface area contributed by atoms with Gasteiger partial charge < -0.3 is 5.11 Å². The van der Waals surface area contributed by atoms with Gasteiger partial charge in [-0.2, -0.15) is 0 Å². The molecule has 94 valence electrons. The van der Waals surface area contributed by atoms with Gasteiger partial charge in [0.15, 0.2) is 0 Å². The summed E-state index contributed by atoms with van der Waals surface area (Å²) in [6, 6.07) is 7.77. The minimum absolute atomic E-state index is 0.462. The summed E-state index contributed by atoms with van der Waals surface area (Å²) in [6.07, 6.45) is 4.95. The van der Waals surface area contributed by atoms with Gasteiger partial charge in [-0.05, 0) is 54.6 Å². The first-order chi connectivity index (χ1) is 7.96. The summed E-state index contributed by atoms with van der Waals surface area (Å²) in [4.78, 5) is 0. The fourth-order valence-corrected chi connectivity index (χ4v) is 3.69. The molecule has 1 heteroatoms. The molecule has 1 saturated carbocycles. The highest BCUT2D eigenvalue weighted by Gasteiger charge is 2.32. The highest BCUT2D eigenvalue weighted by molar-refractivity contribution is 5.32. The molecule has 0 spiro atoms. The van der Waals surface area contributed by atoms with Crippen LogP contribution in [0, 0.1) is 17.3 Å². The summed E-state index contributed by atoms with van der Waals surface area (Å²) < 4.78 is 0. The van der Waals surface area contributed by atoms with Crippen LogP contribution < -0.4 is 0 Å². The number of hydrogen-bond acceptors (Lipinski definition) is 1. The zero-order chi connectivity index (χ0) is 12.5. The normalized spacial score (nSPS) is 27.9. The van der Waals surface area contributed by atoms with E-state index in [0.717, 1.165) is 23.8 Å². The van der Waals surface area contributed by atoms with E-state index < -0.39 is 0 Å². The lowest BCUT2D eigenvalue weighted by Gasteiger charge is -2.39. The average Bonchev–Trinajstić information content (AvgIpc) is 2.18. The van der Waals surface area contributed by atoms with Crippen molar-refractivity contribution in [2.24, 2.45) is 17.3 Å². The van der Waals surface area contributed by atoms with E-state index in [1.165, 1.54) is 19.3 Å². The standard InChI is InChI=1S/C16H24O/c1-12-8-13(11-16(2,3)10-12)9-14-6-4-5-7-15(14)17/h4-7,12-13,17H,8-11H2,1-3H3. The predicted octanol–water partition coefficient (Wildman–Crippen LogP) is 4.40. The van der Waals surface area contributed by atoms with E-state index in [-0.39, 0.29) is 0 Å². The molecule has 0 heterocycles. The van der Waals surface area contributed by atoms with Crippen LogP contribution in [-0.2, 0) is 6.42 Å². The van der Waals surface area contributed by atoms with Crippen molar-refractivity contribution in [1.29, 1.82) is 0 Å². The molecule has 17 heavy (non-hydrogen) atoms. The molecule has 1 aromatic rings. The highest BCUT2D eigenvalue weighted by Crippen LogP contribution is 2.43. The fourth-order valence-electron chi connectivity index (χ4n) is 3.69. The topological polar surface area (TPSA) is 20.2 Å². The second kappa shape index (κ2) is 4.72. The Labute approximate surface area is 105 Å². The number of phenolic OH excluding ortho intramolecular Hbond substituents is 1. The minimum atomic E-state index is 0.462. The average molecular weight is 232 g/mol. The summed E-state index contributed by atoms with van der Waals surface area (Å²) in [6.45, 7) is 7.11. The van der Waals surface area contributed by atoms with Crippen molar-refractivity contribution in [2.75, 3.05) is 0 Å². The molecule has 0 saturated heterocycles. The Balaban J connectivity index is 2.06. The summed E-state index contributed by atoms with van der Waals surface area (Å²) in [7, 11) is 0. The molecule has 1 aliphatic carbocycles. The third kappa shape index (κ3) is 3.24. The van der Waals surface area contributed by atoms with E-state index in [0.29, 0.717) is 11.2 Å². The number of hydrogen-bond donors (Lipinski definition) is 1. The van der Waals surface area contributed by atoms with Crippen molar-refractivity contribution in [3.05, 3.63) is 29.8 Å². The van der Waals surface area contributed by atoms with Crippen LogP contribution in [0.2, 0.25) is 0 Å². The molecule has 2 unspecified atom stereocenters. The Morgan fingerprint density at radius 1 is 1.24 bits per heavy atom. The van der Waals surface area contributed by atoms with Gasteiger partial charge in [0.05, 0.1) is 0 Å². The summed E-state index contributed by atoms with van der Waals surface area (Å²) in [5, 5.41) is 9.84. The van der Waals surface area contributed by atoms with Gasteiger partial charge in [0, 0.05) is 0 Å². The van der Waals surface area contributed by atoms with Gasteiger partial charge in [-0.15, -0.1) is 0 Å². The van der Waals surface area contributed by atoms with Crippen LogP contribution in [-0.4, -0.2) is 5.11 Å². The largest absolute Gasteiger partial charge is 0.508 e. The monoisotopic (exact) mass is 232 g/mol. The van der Waals surface area contributed by atoms with E-state index in [1.54, 1.807) is 6.07 Å². The van der Waals surface area contributed by atoms with Gasteiger partial charge in [-0.3, -0.25) is 0 Å². The Morgan fingerprint density at radius 2 is 1.94 bits per heavy atom. The summed E-state index contributed by atoms with van der Waals surface area (Å²) in [5.74, 6) is 2.00. The van der Waals surface area contributed by atoms with Crippen LogP contribution in [0.15, 0.2) is 24.3 Å². The zero-order valence-electron chi connectivity index (χ0n) is 11.2. The van der Waals surface area contributed by atoms with E-state index in [1.807, 2.05) is 12.1 Å². The first kappa shape index (κ1) is 12.5. The Kier molecular flexibility index (Phi) is 3.46. The molecule has 0 radical (unpaired) electrons. The van der Waals surface area contributed by atoms with Gasteiger partial charge in [-0.25, -0.2) is 0 Å². The molecule has 1 aliphatic rings. The summed E-state index contributed by atoms with van der Waals surface area (Å²) >= 11 is 0. The quantitative estimate of drug-likeness (QED) is 0.801. The van der Waals surface area contributed by atoms with Crippen LogP contribution in [0.4, 0.5) is 0 Å². The number of benzene rings is 1. The van der Waals surface area contributed by atoms with Crippen LogP contribution in [0.1, 0.15) is 45.6 Å². The Morgan fingerprint density at radius 3 is 2.59 bits per heavy atom. The van der Waals surface area contributed by atoms with Gasteiger partial charge in [0.1, 0.15) is 5.75 Å². The van der Waals surface area contributed by atoms with E-state index in [9.17, 15) is 5.11 Å². The lowest BCUT2D eigenvalue weighted by molar-refractivity contribution is 0.132. The van der Waals surface area contributed by atoms with Crippen LogP contribution in [0.3, 0.4) is 0 Å². The predicted molar refractivity (Wildman–Crippen MR) is 72.1 cm³/mol. The lowest BCUT2D eigenvalue weighted by atomic mass is 9.67. The molecular weight excluding hydrogens is 208 g/mol. The minimum Gasteiger partial charge on any atom is -0.508 e. The molecule has 1 nitrogen and oxygen atoms in total. The maximum Gasteiger partial charge on any atom is 0.118 e. The van der Waals surface area contributed by atoms with Crippen LogP contribution >= 0.6 is 0 Å². The number of para-hydroxylation sites is 1. The van der Waals surface area contributed by atoms with Crippen molar-refractivity contribution >= 4 is 0 Å². The zero-order valence-corrected chi connectivity index (χ0v) is 11.2. The molecule has 2 atom stereocenters. The third-order valence-corrected chi connectivity index (χ3v) is 3.98. The molecule has 2 rings (SSSR count). The van der Waals surface area contributed by atoms with Gasteiger partial charge in [0.2, 0.25) is 0 Å². The molecule has 1 N–H and O–H groups in total. The second-order valence-corrected chi connectivity index (χ2v) is 6.61. The maximum absolute atomic E-state index is 9.84. The first-order valence-corrected chi connectivity index (χ1v) is 6.73. The molecule has 0 amide bonds. The van der Waals surface area contributed by atoms with E-state index in [2.05, 4.69) is 26.8 Å². The number of rotatable bonds is 2. The van der Waals surface area contributed by atoms with Gasteiger partial charge >= 0.3 is 0 Å². The van der Waals surface area contributed by atoms with Crippen molar-refractivity contribution in [3.8, 4) is 5.75 Å². The Hall–Kier alpha value is -0.980. The van der Waals surface area contributed by atoms with Crippen LogP contribution in [0.5, 0.6) is 5.75 Å². The van der Waals surface area contributed by atoms with Gasteiger partial charge in [0.25, 0.3) is 0 Å². The van der Waals surface area contributed by atoms with Crippen molar-refractivity contribution in [2.45, 2.75) is 46.5 Å². The highest BCUT2D eigenvalue weighted by atomic mass is 16.3. The lowest BCUT2D eigenvalue weighted by Crippen LogP contribution is -2.28. The van der Waals surface area contributed by atoms with Crippen molar-refractivity contribution in [1.82, 2.24) is 0 Å². The number of phenols is 1. The number of aromatic hydroxyl groups is 1. The first-order valence-electron chi connectivity index (χ1n) is 6.73. The third-order valence-electron chi connectivity index (χ3n) is 3.98. The smallest absolute Gasteiger partial charge is 0.118 e. The molecule has 0 aliphatic heterocycles. The maximum atomic E-state index is 9.84. The molecular formula is C16H24O.